The summed E-state index contributed by atoms with van der Waals surface area (Å²) in [6.45, 7) is 9.01. The number of halogens is 2. The summed E-state index contributed by atoms with van der Waals surface area (Å²) in [4.78, 5) is 31.3. The van der Waals surface area contributed by atoms with Crippen molar-refractivity contribution in [2.75, 3.05) is 25.0 Å². The molecule has 1 saturated heterocycles. The number of aliphatic hydroxyl groups is 1. The Balaban J connectivity index is 0.000000375. The van der Waals surface area contributed by atoms with Crippen LogP contribution in [0.15, 0.2) is 12.3 Å². The van der Waals surface area contributed by atoms with Gasteiger partial charge in [0.25, 0.3) is 12.3 Å². The lowest BCUT2D eigenvalue weighted by atomic mass is 9.78. The fraction of sp³-hybridized carbons (Fsp3) is 0.615. The maximum Gasteiger partial charge on any atom is 0.280 e. The van der Waals surface area contributed by atoms with Crippen molar-refractivity contribution in [3.8, 4) is 10.4 Å². The predicted molar refractivity (Wildman–Crippen MR) is 145 cm³/mol. The van der Waals surface area contributed by atoms with E-state index in [-0.39, 0.29) is 28.2 Å². The highest BCUT2D eigenvalue weighted by Crippen LogP contribution is 2.39. The summed E-state index contributed by atoms with van der Waals surface area (Å²) in [6, 6.07) is 1.81. The molecule has 2 amide bonds. The van der Waals surface area contributed by atoms with Gasteiger partial charge in [-0.1, -0.05) is 0 Å². The van der Waals surface area contributed by atoms with Crippen LogP contribution >= 0.6 is 11.3 Å². The van der Waals surface area contributed by atoms with Crippen LogP contribution in [0.4, 0.5) is 14.6 Å². The van der Waals surface area contributed by atoms with Gasteiger partial charge in [-0.05, 0) is 79.0 Å². The molecule has 9 nitrogen and oxygen atoms in total. The van der Waals surface area contributed by atoms with Crippen molar-refractivity contribution in [1.82, 2.24) is 25.9 Å². The molecule has 3 heterocycles. The third-order valence-corrected chi connectivity index (χ3v) is 7.81. The van der Waals surface area contributed by atoms with Crippen LogP contribution in [-0.2, 0) is 4.79 Å². The Morgan fingerprint density at radius 2 is 2.03 bits per heavy atom. The van der Waals surface area contributed by atoms with Gasteiger partial charge in [-0.2, -0.15) is 0 Å². The molecule has 5 N–H and O–H groups in total. The van der Waals surface area contributed by atoms with Crippen LogP contribution in [0, 0.1) is 6.92 Å². The van der Waals surface area contributed by atoms with E-state index in [4.69, 9.17) is 0 Å². The highest BCUT2D eigenvalue weighted by atomic mass is 32.1. The lowest BCUT2D eigenvalue weighted by molar-refractivity contribution is -0.110. The van der Waals surface area contributed by atoms with Gasteiger partial charge in [-0.15, -0.1) is 11.3 Å². The van der Waals surface area contributed by atoms with E-state index in [1.165, 1.54) is 12.3 Å². The molecule has 12 heteroatoms. The van der Waals surface area contributed by atoms with Crippen LogP contribution in [0.5, 0.6) is 0 Å². The Hall–Kier alpha value is -2.70. The molecule has 2 aromatic heterocycles. The Morgan fingerprint density at radius 3 is 2.58 bits per heavy atom. The number of rotatable bonds is 9. The topological polar surface area (TPSA) is 128 Å². The number of alkyl halides is 2. The van der Waals surface area contributed by atoms with Gasteiger partial charge in [0.15, 0.2) is 5.01 Å². The number of anilines is 1. The summed E-state index contributed by atoms with van der Waals surface area (Å²) < 4.78 is 27.6. The fourth-order valence-corrected chi connectivity index (χ4v) is 5.27. The van der Waals surface area contributed by atoms with E-state index in [1.54, 1.807) is 20.8 Å². The van der Waals surface area contributed by atoms with E-state index < -0.39 is 17.9 Å². The van der Waals surface area contributed by atoms with E-state index in [9.17, 15) is 23.5 Å². The van der Waals surface area contributed by atoms with Crippen molar-refractivity contribution >= 4 is 29.5 Å². The molecule has 0 bridgehead atoms. The lowest BCUT2D eigenvalue weighted by Gasteiger charge is -2.39. The number of amides is 2. The molecule has 1 aliphatic carbocycles. The van der Waals surface area contributed by atoms with Crippen LogP contribution in [0.2, 0.25) is 0 Å². The standard InChI is InChI=1S/C20H26F2N4O2S.C6H12N2O/c1-11-15(29-18(25-11)17(27)24-10-19(2,3)28)13-9-23-14(8-12(13)16(21)22)26-20(4)6-5-7-20;9-5-8-6-1-3-7-4-2-6/h8-9,16,28H,5-7,10H2,1-4H3,(H,23,26)(H,24,27);5-7H,1-4H2,(H,8,9). The maximum atomic E-state index is 13.8. The third-order valence-electron chi connectivity index (χ3n) is 6.62. The first-order valence-corrected chi connectivity index (χ1v) is 13.7. The van der Waals surface area contributed by atoms with Gasteiger partial charge in [-0.3, -0.25) is 9.59 Å². The van der Waals surface area contributed by atoms with Crippen molar-refractivity contribution in [1.29, 1.82) is 0 Å². The van der Waals surface area contributed by atoms with Crippen LogP contribution < -0.4 is 21.3 Å². The second-order valence-electron chi connectivity index (χ2n) is 10.7. The quantitative estimate of drug-likeness (QED) is 0.300. The summed E-state index contributed by atoms with van der Waals surface area (Å²) in [5.74, 6) is -0.0224. The molecule has 2 aromatic rings. The van der Waals surface area contributed by atoms with Gasteiger partial charge < -0.3 is 26.4 Å². The molecule has 1 saturated carbocycles. The van der Waals surface area contributed by atoms with E-state index in [2.05, 4.69) is 38.2 Å². The first kappa shape index (κ1) is 29.9. The molecule has 2 fully saturated rings. The number of carbonyl (C=O) groups excluding carboxylic acids is 2. The smallest absolute Gasteiger partial charge is 0.280 e. The van der Waals surface area contributed by atoms with E-state index >= 15 is 0 Å². The number of piperidine rings is 1. The zero-order valence-electron chi connectivity index (χ0n) is 22.4. The highest BCUT2D eigenvalue weighted by molar-refractivity contribution is 7.17. The van der Waals surface area contributed by atoms with Crippen LogP contribution in [0.25, 0.3) is 10.4 Å². The predicted octanol–water partition coefficient (Wildman–Crippen LogP) is 3.79. The monoisotopic (exact) mass is 552 g/mol. The van der Waals surface area contributed by atoms with Crippen LogP contribution in [0.1, 0.15) is 80.4 Å². The highest BCUT2D eigenvalue weighted by Gasteiger charge is 2.32. The molecule has 0 radical (unpaired) electrons. The molecule has 2 aliphatic rings. The van der Waals surface area contributed by atoms with Gasteiger partial charge in [0.1, 0.15) is 5.82 Å². The Labute approximate surface area is 226 Å². The second-order valence-corrected chi connectivity index (χ2v) is 11.7. The summed E-state index contributed by atoms with van der Waals surface area (Å²) in [6.07, 6.45) is 4.74. The number of hydrogen-bond acceptors (Lipinski definition) is 8. The second kappa shape index (κ2) is 12.9. The third kappa shape index (κ3) is 8.40. The van der Waals surface area contributed by atoms with Crippen LogP contribution in [0.3, 0.4) is 0 Å². The number of pyridine rings is 1. The number of thiazole rings is 1. The summed E-state index contributed by atoms with van der Waals surface area (Å²) in [5, 5.41) is 21.7. The zero-order chi connectivity index (χ0) is 27.9. The molecule has 4 rings (SSSR count). The first-order valence-electron chi connectivity index (χ1n) is 12.9. The minimum absolute atomic E-state index is 0.0583. The average molecular weight is 553 g/mol. The van der Waals surface area contributed by atoms with E-state index in [0.717, 1.165) is 62.9 Å². The number of nitrogens with one attached hydrogen (secondary N) is 4. The van der Waals surface area contributed by atoms with Crippen molar-refractivity contribution in [2.45, 2.75) is 83.4 Å². The average Bonchev–Trinajstić information content (AvgIpc) is 3.24. The molecule has 1 aliphatic heterocycles. The molecule has 0 unspecified atom stereocenters. The normalized spacial score (nSPS) is 17.2. The molecular formula is C26H38F2N6O3S. The van der Waals surface area contributed by atoms with Crippen LogP contribution in [-0.4, -0.2) is 64.2 Å². The number of carbonyl (C=O) groups is 2. The van der Waals surface area contributed by atoms with Crippen molar-refractivity contribution < 1.29 is 23.5 Å². The molecule has 0 aromatic carbocycles. The molecule has 0 spiro atoms. The largest absolute Gasteiger partial charge is 0.389 e. The molecule has 210 valence electrons. The van der Waals surface area contributed by atoms with Gasteiger partial charge in [-0.25, -0.2) is 18.7 Å². The Bertz CT molecular complexity index is 1100. The molecule has 0 atom stereocenters. The Kier molecular flexibility index (Phi) is 10.1. The minimum Gasteiger partial charge on any atom is -0.389 e. The summed E-state index contributed by atoms with van der Waals surface area (Å²) in [5.41, 5.74) is -0.530. The van der Waals surface area contributed by atoms with Crippen molar-refractivity contribution in [2.24, 2.45) is 0 Å². The minimum atomic E-state index is -2.68. The number of aromatic nitrogens is 2. The van der Waals surface area contributed by atoms with Gasteiger partial charge >= 0.3 is 0 Å². The SMILES string of the molecule is Cc1nc(C(=O)NCC(C)(C)O)sc1-c1cnc(NC2(C)CCC2)cc1C(F)F.O=CNC1CCNCC1. The van der Waals surface area contributed by atoms with E-state index in [1.807, 2.05) is 0 Å². The Morgan fingerprint density at radius 1 is 1.34 bits per heavy atom. The fourth-order valence-electron chi connectivity index (χ4n) is 4.25. The summed E-state index contributed by atoms with van der Waals surface area (Å²) in [7, 11) is 0. The number of aryl methyl sites for hydroxylation is 1. The molecular weight excluding hydrogens is 514 g/mol. The molecule has 38 heavy (non-hydrogen) atoms. The van der Waals surface area contributed by atoms with Gasteiger partial charge in [0, 0.05) is 35.4 Å². The number of hydrogen-bond donors (Lipinski definition) is 5. The van der Waals surface area contributed by atoms with Crippen molar-refractivity contribution in [3.05, 3.63) is 28.5 Å². The van der Waals surface area contributed by atoms with Gasteiger partial charge in [0.05, 0.1) is 16.2 Å². The maximum absolute atomic E-state index is 13.8. The number of nitrogens with zero attached hydrogens (tertiary/aromatic N) is 2. The summed E-state index contributed by atoms with van der Waals surface area (Å²) >= 11 is 1.04. The van der Waals surface area contributed by atoms with Gasteiger partial charge in [0.2, 0.25) is 6.41 Å². The lowest BCUT2D eigenvalue weighted by Crippen LogP contribution is -2.41. The zero-order valence-corrected chi connectivity index (χ0v) is 23.2. The van der Waals surface area contributed by atoms with Crippen molar-refractivity contribution in [3.63, 3.8) is 0 Å². The van der Waals surface area contributed by atoms with E-state index in [0.29, 0.717) is 22.4 Å². The first-order chi connectivity index (χ1) is 17.9.